The van der Waals surface area contributed by atoms with Gasteiger partial charge in [0.2, 0.25) is 5.91 Å². The lowest BCUT2D eigenvalue weighted by Crippen LogP contribution is -2.25. The van der Waals surface area contributed by atoms with Crippen molar-refractivity contribution < 1.29 is 9.53 Å². The lowest BCUT2D eigenvalue weighted by Gasteiger charge is -2.10. The van der Waals surface area contributed by atoms with Gasteiger partial charge in [0.1, 0.15) is 12.1 Å². The topological polar surface area (TPSA) is 104 Å². The standard InChI is InChI=1S/C13H17N5O3/c1-17-8-15-18(13(17)20)6-5-12(19)16-10-7-9(14)3-4-11(10)21-2/h3-4,7-8H,5-6,14H2,1-2H3,(H,16,19). The summed E-state index contributed by atoms with van der Waals surface area (Å²) in [5, 5.41) is 6.59. The van der Waals surface area contributed by atoms with Crippen LogP contribution in [-0.4, -0.2) is 27.4 Å². The molecule has 0 saturated carbocycles. The van der Waals surface area contributed by atoms with Gasteiger partial charge in [0.15, 0.2) is 0 Å². The van der Waals surface area contributed by atoms with Crippen molar-refractivity contribution in [1.82, 2.24) is 14.3 Å². The number of ether oxygens (including phenoxy) is 1. The fraction of sp³-hybridized carbons (Fsp3) is 0.308. The third-order valence-corrected chi connectivity index (χ3v) is 2.94. The van der Waals surface area contributed by atoms with Gasteiger partial charge in [-0.3, -0.25) is 9.36 Å². The largest absolute Gasteiger partial charge is 0.495 e. The van der Waals surface area contributed by atoms with Crippen LogP contribution in [0.15, 0.2) is 29.3 Å². The number of nitrogen functional groups attached to an aromatic ring is 1. The number of aryl methyl sites for hydroxylation is 2. The van der Waals surface area contributed by atoms with Crippen molar-refractivity contribution in [3.8, 4) is 5.75 Å². The first-order valence-corrected chi connectivity index (χ1v) is 6.33. The number of carbonyl (C=O) groups excluding carboxylic acids is 1. The van der Waals surface area contributed by atoms with Crippen molar-refractivity contribution >= 4 is 17.3 Å². The number of methoxy groups -OCH3 is 1. The van der Waals surface area contributed by atoms with Crippen LogP contribution in [0.25, 0.3) is 0 Å². The van der Waals surface area contributed by atoms with E-state index in [1.54, 1.807) is 25.2 Å². The van der Waals surface area contributed by atoms with Crippen LogP contribution in [0, 0.1) is 0 Å². The Balaban J connectivity index is 2.00. The molecule has 1 amide bonds. The van der Waals surface area contributed by atoms with Crippen molar-refractivity contribution in [2.24, 2.45) is 7.05 Å². The van der Waals surface area contributed by atoms with Crippen molar-refractivity contribution in [3.63, 3.8) is 0 Å². The second-order valence-electron chi connectivity index (χ2n) is 4.51. The molecule has 1 aromatic carbocycles. The minimum absolute atomic E-state index is 0.120. The predicted molar refractivity (Wildman–Crippen MR) is 78.1 cm³/mol. The number of carbonyl (C=O) groups is 1. The average molecular weight is 291 g/mol. The maximum atomic E-state index is 11.9. The third-order valence-electron chi connectivity index (χ3n) is 2.94. The van der Waals surface area contributed by atoms with Crippen LogP contribution in [0.1, 0.15) is 6.42 Å². The number of rotatable bonds is 5. The SMILES string of the molecule is COc1ccc(N)cc1NC(=O)CCn1ncn(C)c1=O. The van der Waals surface area contributed by atoms with Gasteiger partial charge < -0.3 is 15.8 Å². The number of aromatic nitrogens is 3. The minimum Gasteiger partial charge on any atom is -0.495 e. The van der Waals surface area contributed by atoms with Crippen molar-refractivity contribution in [1.29, 1.82) is 0 Å². The lowest BCUT2D eigenvalue weighted by molar-refractivity contribution is -0.116. The first kappa shape index (κ1) is 14.6. The van der Waals surface area contributed by atoms with E-state index in [9.17, 15) is 9.59 Å². The number of benzene rings is 1. The number of nitrogens with two attached hydrogens (primary N) is 1. The van der Waals surface area contributed by atoms with Gasteiger partial charge in [-0.1, -0.05) is 0 Å². The molecule has 0 saturated heterocycles. The van der Waals surface area contributed by atoms with E-state index < -0.39 is 0 Å². The molecular weight excluding hydrogens is 274 g/mol. The van der Waals surface area contributed by atoms with E-state index in [0.29, 0.717) is 17.1 Å². The summed E-state index contributed by atoms with van der Waals surface area (Å²) in [7, 11) is 3.11. The minimum atomic E-state index is -0.260. The summed E-state index contributed by atoms with van der Waals surface area (Å²) in [5.74, 6) is 0.268. The smallest absolute Gasteiger partial charge is 0.345 e. The Bertz CT molecular complexity index is 704. The molecule has 0 fully saturated rings. The predicted octanol–water partition coefficient (Wildman–Crippen LogP) is 0.201. The lowest BCUT2D eigenvalue weighted by atomic mass is 10.2. The third kappa shape index (κ3) is 3.41. The average Bonchev–Trinajstić information content (AvgIpc) is 2.77. The number of amides is 1. The summed E-state index contributed by atoms with van der Waals surface area (Å²) < 4.78 is 7.72. The second kappa shape index (κ2) is 6.12. The monoisotopic (exact) mass is 291 g/mol. The highest BCUT2D eigenvalue weighted by molar-refractivity contribution is 5.92. The van der Waals surface area contributed by atoms with Gasteiger partial charge in [-0.15, -0.1) is 0 Å². The molecule has 0 spiro atoms. The first-order valence-electron chi connectivity index (χ1n) is 6.33. The molecule has 2 aromatic rings. The fourth-order valence-corrected chi connectivity index (χ4v) is 1.82. The maximum Gasteiger partial charge on any atom is 0.345 e. The van der Waals surface area contributed by atoms with Crippen LogP contribution in [0.3, 0.4) is 0 Å². The highest BCUT2D eigenvalue weighted by Crippen LogP contribution is 2.26. The Labute approximate surface area is 121 Å². The molecule has 1 aromatic heterocycles. The normalized spacial score (nSPS) is 10.4. The van der Waals surface area contributed by atoms with Gasteiger partial charge in [0.05, 0.1) is 19.3 Å². The van der Waals surface area contributed by atoms with Gasteiger partial charge >= 0.3 is 5.69 Å². The Kier molecular flexibility index (Phi) is 4.27. The second-order valence-corrected chi connectivity index (χ2v) is 4.51. The van der Waals surface area contributed by atoms with E-state index in [1.807, 2.05) is 0 Å². The molecule has 0 aliphatic rings. The molecule has 8 heteroatoms. The molecular formula is C13H17N5O3. The Morgan fingerprint density at radius 1 is 1.48 bits per heavy atom. The number of anilines is 2. The molecule has 0 unspecified atom stereocenters. The zero-order valence-electron chi connectivity index (χ0n) is 11.9. The van der Waals surface area contributed by atoms with Gasteiger partial charge in [-0.05, 0) is 18.2 Å². The zero-order chi connectivity index (χ0) is 15.4. The van der Waals surface area contributed by atoms with Crippen LogP contribution in [-0.2, 0) is 18.4 Å². The molecule has 0 aliphatic carbocycles. The van der Waals surface area contributed by atoms with E-state index in [4.69, 9.17) is 10.5 Å². The molecule has 0 aliphatic heterocycles. The number of nitrogens with zero attached hydrogens (tertiary/aromatic N) is 3. The Morgan fingerprint density at radius 3 is 2.86 bits per heavy atom. The summed E-state index contributed by atoms with van der Waals surface area (Å²) in [6.45, 7) is 0.205. The quantitative estimate of drug-likeness (QED) is 0.766. The zero-order valence-corrected chi connectivity index (χ0v) is 11.9. The summed E-state index contributed by atoms with van der Waals surface area (Å²) in [6, 6.07) is 4.97. The molecule has 0 radical (unpaired) electrons. The van der Waals surface area contributed by atoms with E-state index >= 15 is 0 Å². The summed E-state index contributed by atoms with van der Waals surface area (Å²) >= 11 is 0. The van der Waals surface area contributed by atoms with E-state index in [0.717, 1.165) is 0 Å². The fourth-order valence-electron chi connectivity index (χ4n) is 1.82. The highest BCUT2D eigenvalue weighted by atomic mass is 16.5. The Morgan fingerprint density at radius 2 is 2.24 bits per heavy atom. The van der Waals surface area contributed by atoms with Crippen LogP contribution < -0.4 is 21.5 Å². The van der Waals surface area contributed by atoms with E-state index in [-0.39, 0.29) is 24.6 Å². The van der Waals surface area contributed by atoms with Crippen LogP contribution in [0.4, 0.5) is 11.4 Å². The molecule has 0 atom stereocenters. The van der Waals surface area contributed by atoms with E-state index in [2.05, 4.69) is 10.4 Å². The molecule has 112 valence electrons. The van der Waals surface area contributed by atoms with Crippen LogP contribution >= 0.6 is 0 Å². The molecule has 8 nitrogen and oxygen atoms in total. The molecule has 21 heavy (non-hydrogen) atoms. The van der Waals surface area contributed by atoms with Crippen LogP contribution in [0.2, 0.25) is 0 Å². The highest BCUT2D eigenvalue weighted by Gasteiger charge is 2.09. The maximum absolute atomic E-state index is 11.9. The summed E-state index contributed by atoms with van der Waals surface area (Å²) in [5.41, 5.74) is 6.44. The summed E-state index contributed by atoms with van der Waals surface area (Å²) in [4.78, 5) is 23.5. The van der Waals surface area contributed by atoms with Gasteiger partial charge in [-0.25, -0.2) is 9.48 Å². The number of hydrogen-bond acceptors (Lipinski definition) is 5. The number of hydrogen-bond donors (Lipinski definition) is 2. The molecule has 3 N–H and O–H groups in total. The van der Waals surface area contributed by atoms with Crippen molar-refractivity contribution in [2.75, 3.05) is 18.2 Å². The van der Waals surface area contributed by atoms with E-state index in [1.165, 1.54) is 22.7 Å². The van der Waals surface area contributed by atoms with Crippen molar-refractivity contribution in [2.45, 2.75) is 13.0 Å². The van der Waals surface area contributed by atoms with Crippen molar-refractivity contribution in [3.05, 3.63) is 35.0 Å². The Hall–Kier alpha value is -2.77. The molecule has 1 heterocycles. The van der Waals surface area contributed by atoms with Crippen LogP contribution in [0.5, 0.6) is 5.75 Å². The van der Waals surface area contributed by atoms with Gasteiger partial charge in [0.25, 0.3) is 0 Å². The summed E-state index contributed by atoms with van der Waals surface area (Å²) in [6.07, 6.45) is 1.52. The molecule has 2 rings (SSSR count). The number of nitrogens with one attached hydrogen (secondary N) is 1. The van der Waals surface area contributed by atoms with Gasteiger partial charge in [0, 0.05) is 19.2 Å². The van der Waals surface area contributed by atoms with Gasteiger partial charge in [-0.2, -0.15) is 5.10 Å². The molecule has 0 bridgehead atoms. The first-order chi connectivity index (χ1) is 10.0.